The van der Waals surface area contributed by atoms with Crippen molar-refractivity contribution in [2.45, 2.75) is 32.2 Å². The molecule has 2 heterocycles. The zero-order valence-corrected chi connectivity index (χ0v) is 10.7. The normalized spacial score (nSPS) is 17.5. The summed E-state index contributed by atoms with van der Waals surface area (Å²) in [7, 11) is 1.85. The average Bonchev–Trinajstić information content (AvgIpc) is 2.76. The van der Waals surface area contributed by atoms with Crippen molar-refractivity contribution in [1.29, 1.82) is 0 Å². The van der Waals surface area contributed by atoms with Crippen molar-refractivity contribution < 1.29 is 0 Å². The summed E-state index contributed by atoms with van der Waals surface area (Å²) in [6.45, 7) is 5.71. The maximum absolute atomic E-state index is 4.23. The zero-order chi connectivity index (χ0) is 11.9. The number of aryl methyl sites for hydroxylation is 1. The summed E-state index contributed by atoms with van der Waals surface area (Å²) in [6, 6.07) is 0. The summed E-state index contributed by atoms with van der Waals surface area (Å²) in [5.41, 5.74) is 1.02. The van der Waals surface area contributed by atoms with Crippen LogP contribution in [0.25, 0.3) is 0 Å². The average molecular weight is 237 g/mol. The van der Waals surface area contributed by atoms with E-state index in [0.29, 0.717) is 0 Å². The van der Waals surface area contributed by atoms with Crippen LogP contribution in [0.3, 0.4) is 0 Å². The molecule has 0 amide bonds. The summed E-state index contributed by atoms with van der Waals surface area (Å²) in [5, 5.41) is 11.7. The molecular formula is C12H23N5. The van der Waals surface area contributed by atoms with Crippen LogP contribution in [0.4, 0.5) is 0 Å². The van der Waals surface area contributed by atoms with E-state index in [4.69, 9.17) is 0 Å². The van der Waals surface area contributed by atoms with Gasteiger partial charge in [0, 0.05) is 13.6 Å². The van der Waals surface area contributed by atoms with Crippen LogP contribution in [-0.4, -0.2) is 46.1 Å². The standard InChI is InChI=1S/C12H23N5/c1-16-14-11-12(15-16)10-13-6-5-9-17-7-3-2-4-8-17/h11,13H,2-10H2,1H3. The molecule has 0 saturated carbocycles. The number of nitrogens with zero attached hydrogens (tertiary/aromatic N) is 4. The lowest BCUT2D eigenvalue weighted by molar-refractivity contribution is 0.225. The molecule has 1 aromatic heterocycles. The first-order chi connectivity index (χ1) is 8.34. The minimum absolute atomic E-state index is 0.827. The first-order valence-corrected chi connectivity index (χ1v) is 6.63. The van der Waals surface area contributed by atoms with Crippen LogP contribution >= 0.6 is 0 Å². The molecule has 0 aromatic carbocycles. The summed E-state index contributed by atoms with van der Waals surface area (Å²) in [4.78, 5) is 4.18. The molecule has 1 aromatic rings. The fourth-order valence-corrected chi connectivity index (χ4v) is 2.30. The third kappa shape index (κ3) is 4.44. The van der Waals surface area contributed by atoms with Crippen molar-refractivity contribution in [3.8, 4) is 0 Å². The quantitative estimate of drug-likeness (QED) is 0.743. The van der Waals surface area contributed by atoms with E-state index in [1.165, 1.54) is 45.3 Å². The van der Waals surface area contributed by atoms with Crippen molar-refractivity contribution in [1.82, 2.24) is 25.2 Å². The second kappa shape index (κ2) is 6.71. The number of rotatable bonds is 6. The molecule has 1 saturated heterocycles. The van der Waals surface area contributed by atoms with Gasteiger partial charge in [-0.3, -0.25) is 0 Å². The van der Waals surface area contributed by atoms with Gasteiger partial charge < -0.3 is 10.2 Å². The first kappa shape index (κ1) is 12.5. The largest absolute Gasteiger partial charge is 0.311 e. The summed E-state index contributed by atoms with van der Waals surface area (Å²) < 4.78 is 0. The van der Waals surface area contributed by atoms with Gasteiger partial charge in [0.05, 0.1) is 11.9 Å². The fraction of sp³-hybridized carbons (Fsp3) is 0.833. The van der Waals surface area contributed by atoms with E-state index < -0.39 is 0 Å². The molecule has 1 fully saturated rings. The maximum Gasteiger partial charge on any atom is 0.0964 e. The molecule has 96 valence electrons. The van der Waals surface area contributed by atoms with Gasteiger partial charge in [0.1, 0.15) is 0 Å². The van der Waals surface area contributed by atoms with Crippen LogP contribution in [0.2, 0.25) is 0 Å². The Morgan fingerprint density at radius 2 is 2.12 bits per heavy atom. The number of likely N-dealkylation sites (tertiary alicyclic amines) is 1. The molecule has 1 aliphatic rings. The van der Waals surface area contributed by atoms with Gasteiger partial charge >= 0.3 is 0 Å². The lowest BCUT2D eigenvalue weighted by atomic mass is 10.1. The van der Waals surface area contributed by atoms with Gasteiger partial charge in [-0.15, -0.1) is 0 Å². The van der Waals surface area contributed by atoms with E-state index in [1.807, 2.05) is 13.2 Å². The molecule has 0 unspecified atom stereocenters. The van der Waals surface area contributed by atoms with Crippen molar-refractivity contribution in [3.05, 3.63) is 11.9 Å². The number of hydrogen-bond acceptors (Lipinski definition) is 4. The van der Waals surface area contributed by atoms with Crippen molar-refractivity contribution >= 4 is 0 Å². The molecule has 0 atom stereocenters. The molecule has 17 heavy (non-hydrogen) atoms. The van der Waals surface area contributed by atoms with Crippen molar-refractivity contribution in [2.75, 3.05) is 26.2 Å². The Kier molecular flexibility index (Phi) is 4.94. The summed E-state index contributed by atoms with van der Waals surface area (Å²) >= 11 is 0. The molecule has 0 spiro atoms. The van der Waals surface area contributed by atoms with Crippen molar-refractivity contribution in [2.24, 2.45) is 7.05 Å². The number of nitrogens with one attached hydrogen (secondary N) is 1. The van der Waals surface area contributed by atoms with Gasteiger partial charge in [0.2, 0.25) is 0 Å². The molecule has 1 aliphatic heterocycles. The maximum atomic E-state index is 4.23. The molecule has 5 nitrogen and oxygen atoms in total. The topological polar surface area (TPSA) is 46.0 Å². The van der Waals surface area contributed by atoms with Crippen LogP contribution in [-0.2, 0) is 13.6 Å². The van der Waals surface area contributed by atoms with Gasteiger partial charge in [0.25, 0.3) is 0 Å². The van der Waals surface area contributed by atoms with E-state index in [1.54, 1.807) is 4.80 Å². The molecule has 1 N–H and O–H groups in total. The minimum Gasteiger partial charge on any atom is -0.311 e. The van der Waals surface area contributed by atoms with E-state index in [0.717, 1.165) is 18.8 Å². The lowest BCUT2D eigenvalue weighted by Crippen LogP contribution is -2.32. The van der Waals surface area contributed by atoms with Gasteiger partial charge in [-0.1, -0.05) is 6.42 Å². The second-order valence-electron chi connectivity index (χ2n) is 4.76. The Hall–Kier alpha value is -0.940. The van der Waals surface area contributed by atoms with Crippen LogP contribution in [0.5, 0.6) is 0 Å². The SMILES string of the molecule is Cn1ncc(CNCCCN2CCCCC2)n1. The molecule has 2 rings (SSSR count). The summed E-state index contributed by atoms with van der Waals surface area (Å²) in [6.07, 6.45) is 7.22. The van der Waals surface area contributed by atoms with Gasteiger partial charge in [-0.05, 0) is 45.4 Å². The molecule has 0 aliphatic carbocycles. The third-order valence-corrected chi connectivity index (χ3v) is 3.23. The van der Waals surface area contributed by atoms with Crippen LogP contribution in [0.15, 0.2) is 6.20 Å². The second-order valence-corrected chi connectivity index (χ2v) is 4.76. The Labute approximate surface area is 103 Å². The van der Waals surface area contributed by atoms with Crippen molar-refractivity contribution in [3.63, 3.8) is 0 Å². The van der Waals surface area contributed by atoms with E-state index in [9.17, 15) is 0 Å². The zero-order valence-electron chi connectivity index (χ0n) is 10.7. The first-order valence-electron chi connectivity index (χ1n) is 6.63. The molecule has 5 heteroatoms. The Balaban J connectivity index is 1.51. The predicted octanol–water partition coefficient (Wildman–Crippen LogP) is 0.781. The van der Waals surface area contributed by atoms with Gasteiger partial charge in [0.15, 0.2) is 0 Å². The fourth-order valence-electron chi connectivity index (χ4n) is 2.30. The van der Waals surface area contributed by atoms with Gasteiger partial charge in [-0.2, -0.15) is 15.0 Å². The van der Waals surface area contributed by atoms with Gasteiger partial charge in [-0.25, -0.2) is 0 Å². The third-order valence-electron chi connectivity index (χ3n) is 3.23. The van der Waals surface area contributed by atoms with Crippen LogP contribution in [0, 0.1) is 0 Å². The smallest absolute Gasteiger partial charge is 0.0964 e. The Morgan fingerprint density at radius 1 is 1.29 bits per heavy atom. The highest BCUT2D eigenvalue weighted by molar-refractivity contribution is 4.89. The highest BCUT2D eigenvalue weighted by Gasteiger charge is 2.08. The molecule has 0 bridgehead atoms. The van der Waals surface area contributed by atoms with E-state index in [-0.39, 0.29) is 0 Å². The Bertz CT molecular complexity index is 316. The molecular weight excluding hydrogens is 214 g/mol. The summed E-state index contributed by atoms with van der Waals surface area (Å²) in [5.74, 6) is 0. The Morgan fingerprint density at radius 3 is 2.82 bits per heavy atom. The van der Waals surface area contributed by atoms with Crippen LogP contribution < -0.4 is 5.32 Å². The minimum atomic E-state index is 0.827. The van der Waals surface area contributed by atoms with E-state index in [2.05, 4.69) is 20.4 Å². The monoisotopic (exact) mass is 237 g/mol. The number of hydrogen-bond donors (Lipinski definition) is 1. The molecule has 0 radical (unpaired) electrons. The van der Waals surface area contributed by atoms with E-state index >= 15 is 0 Å². The number of piperidine rings is 1. The lowest BCUT2D eigenvalue weighted by Gasteiger charge is -2.26. The van der Waals surface area contributed by atoms with Crippen LogP contribution in [0.1, 0.15) is 31.4 Å². The highest BCUT2D eigenvalue weighted by atomic mass is 15.4. The highest BCUT2D eigenvalue weighted by Crippen LogP contribution is 2.08. The predicted molar refractivity (Wildman–Crippen MR) is 67.6 cm³/mol. The number of aromatic nitrogens is 3.